The Morgan fingerprint density at radius 1 is 1.05 bits per heavy atom. The van der Waals surface area contributed by atoms with Crippen molar-refractivity contribution in [3.8, 4) is 5.69 Å². The van der Waals surface area contributed by atoms with Crippen LogP contribution in [0.2, 0.25) is 5.15 Å². The molecule has 1 heterocycles. The number of halogens is 2. The highest BCUT2D eigenvalue weighted by Crippen LogP contribution is 2.20. The topological polar surface area (TPSA) is 54.9 Å². The highest BCUT2D eigenvalue weighted by atomic mass is 35.5. The number of hydrogen-bond acceptors (Lipinski definition) is 2. The third kappa shape index (κ3) is 1.83. The van der Waals surface area contributed by atoms with Crippen molar-refractivity contribution in [2.24, 2.45) is 0 Å². The molecule has 3 aromatic rings. The van der Waals surface area contributed by atoms with E-state index in [1.807, 2.05) is 18.2 Å². The minimum Gasteiger partial charge on any atom is -0.295 e. The molecular formula is C14H8ClFN2O2. The van der Waals surface area contributed by atoms with Crippen LogP contribution >= 0.6 is 11.6 Å². The van der Waals surface area contributed by atoms with Crippen molar-refractivity contribution in [2.45, 2.75) is 0 Å². The van der Waals surface area contributed by atoms with Gasteiger partial charge in [-0.3, -0.25) is 9.78 Å². The monoisotopic (exact) mass is 290 g/mol. The van der Waals surface area contributed by atoms with Crippen molar-refractivity contribution in [1.82, 2.24) is 9.55 Å². The molecule has 0 aliphatic carbocycles. The summed E-state index contributed by atoms with van der Waals surface area (Å²) in [6.45, 7) is 0. The van der Waals surface area contributed by atoms with Gasteiger partial charge in [0.1, 0.15) is 0 Å². The van der Waals surface area contributed by atoms with Crippen LogP contribution in [0.3, 0.4) is 0 Å². The van der Waals surface area contributed by atoms with Gasteiger partial charge in [-0.05, 0) is 11.5 Å². The second-order valence-corrected chi connectivity index (χ2v) is 4.57. The molecule has 3 rings (SSSR count). The number of nitrogens with one attached hydrogen (secondary N) is 1. The molecule has 0 amide bonds. The molecule has 0 saturated heterocycles. The maximum atomic E-state index is 13.6. The molecular weight excluding hydrogens is 283 g/mol. The van der Waals surface area contributed by atoms with E-state index in [4.69, 9.17) is 11.6 Å². The zero-order valence-corrected chi connectivity index (χ0v) is 10.8. The lowest BCUT2D eigenvalue weighted by Crippen LogP contribution is -2.35. The number of aromatic amines is 1. The number of hydrogen-bond donors (Lipinski definition) is 1. The van der Waals surface area contributed by atoms with Gasteiger partial charge in [-0.1, -0.05) is 48.0 Å². The number of nitrogens with zero attached hydrogens (tertiary/aromatic N) is 1. The highest BCUT2D eigenvalue weighted by molar-refractivity contribution is 6.29. The number of aromatic nitrogens is 2. The Hall–Kier alpha value is -2.40. The molecule has 0 spiro atoms. The molecule has 0 aliphatic heterocycles. The van der Waals surface area contributed by atoms with Gasteiger partial charge in [-0.15, -0.1) is 0 Å². The van der Waals surface area contributed by atoms with E-state index < -0.39 is 22.2 Å². The second-order valence-electron chi connectivity index (χ2n) is 4.20. The molecule has 6 heteroatoms. The van der Waals surface area contributed by atoms with Gasteiger partial charge < -0.3 is 0 Å². The average Bonchev–Trinajstić information content (AvgIpc) is 2.45. The van der Waals surface area contributed by atoms with Gasteiger partial charge in [-0.2, -0.15) is 4.39 Å². The Morgan fingerprint density at radius 3 is 2.55 bits per heavy atom. The lowest BCUT2D eigenvalue weighted by atomic mass is 10.1. The van der Waals surface area contributed by atoms with Gasteiger partial charge in [0.15, 0.2) is 5.15 Å². The number of benzene rings is 2. The molecule has 2 aromatic carbocycles. The molecule has 0 atom stereocenters. The first-order chi connectivity index (χ1) is 9.59. The summed E-state index contributed by atoms with van der Waals surface area (Å²) in [5, 5.41) is 0.924. The summed E-state index contributed by atoms with van der Waals surface area (Å²) in [5.41, 5.74) is -1.54. The van der Waals surface area contributed by atoms with Crippen LogP contribution in [0.1, 0.15) is 0 Å². The predicted octanol–water partition coefficient (Wildman–Crippen LogP) is 2.47. The summed E-state index contributed by atoms with van der Waals surface area (Å²) in [7, 11) is 0. The normalized spacial score (nSPS) is 10.9. The van der Waals surface area contributed by atoms with Crippen LogP contribution < -0.4 is 11.2 Å². The molecule has 0 fully saturated rings. The van der Waals surface area contributed by atoms with E-state index in [-0.39, 0.29) is 0 Å². The van der Waals surface area contributed by atoms with E-state index in [2.05, 4.69) is 4.98 Å². The summed E-state index contributed by atoms with van der Waals surface area (Å²) in [4.78, 5) is 26.0. The molecule has 0 unspecified atom stereocenters. The summed E-state index contributed by atoms with van der Waals surface area (Å²) in [5.74, 6) is -1.18. The summed E-state index contributed by atoms with van der Waals surface area (Å²) >= 11 is 5.45. The minimum absolute atomic E-state index is 0.310. The zero-order chi connectivity index (χ0) is 14.3. The molecule has 0 bridgehead atoms. The van der Waals surface area contributed by atoms with E-state index in [1.54, 1.807) is 24.3 Å². The van der Waals surface area contributed by atoms with E-state index >= 15 is 0 Å². The lowest BCUT2D eigenvalue weighted by Gasteiger charge is -2.08. The molecule has 0 radical (unpaired) electrons. The molecule has 1 N–H and O–H groups in total. The Kier molecular flexibility index (Phi) is 2.91. The summed E-state index contributed by atoms with van der Waals surface area (Å²) in [6, 6.07) is 12.3. The van der Waals surface area contributed by atoms with Crippen LogP contribution in [0.4, 0.5) is 4.39 Å². The van der Waals surface area contributed by atoms with E-state index in [1.165, 1.54) is 0 Å². The molecule has 0 aliphatic rings. The molecule has 1 aromatic heterocycles. The quantitative estimate of drug-likeness (QED) is 0.700. The second kappa shape index (κ2) is 4.61. The van der Waals surface area contributed by atoms with Gasteiger partial charge in [0, 0.05) is 5.39 Å². The highest BCUT2D eigenvalue weighted by Gasteiger charge is 2.15. The van der Waals surface area contributed by atoms with Crippen molar-refractivity contribution >= 4 is 22.4 Å². The fraction of sp³-hybridized carbons (Fsp3) is 0. The largest absolute Gasteiger partial charge is 0.334 e. The van der Waals surface area contributed by atoms with Crippen LogP contribution in [0.15, 0.2) is 52.1 Å². The van der Waals surface area contributed by atoms with Crippen LogP contribution in [-0.4, -0.2) is 9.55 Å². The smallest absolute Gasteiger partial charge is 0.295 e. The SMILES string of the molecule is O=c1[nH]c(Cl)c(F)c(=O)n1-c1cccc2ccccc12. The average molecular weight is 291 g/mol. The van der Waals surface area contributed by atoms with Gasteiger partial charge in [0.05, 0.1) is 5.69 Å². The van der Waals surface area contributed by atoms with Crippen molar-refractivity contribution in [2.75, 3.05) is 0 Å². The standard InChI is InChI=1S/C14H8ClFN2O2/c15-12-11(16)13(19)18(14(20)17-12)10-7-3-5-8-4-1-2-6-9(8)10/h1-7H,(H,17,20). The third-order valence-electron chi connectivity index (χ3n) is 3.01. The fourth-order valence-electron chi connectivity index (χ4n) is 2.11. The number of fused-ring (bicyclic) bond motifs is 1. The van der Waals surface area contributed by atoms with Crippen LogP contribution in [0.25, 0.3) is 16.5 Å². The van der Waals surface area contributed by atoms with E-state index in [0.717, 1.165) is 9.95 Å². The number of H-pyrrole nitrogens is 1. The van der Waals surface area contributed by atoms with Gasteiger partial charge in [0.2, 0.25) is 5.82 Å². The zero-order valence-electron chi connectivity index (χ0n) is 10.1. The van der Waals surface area contributed by atoms with Gasteiger partial charge in [-0.25, -0.2) is 9.36 Å². The van der Waals surface area contributed by atoms with Crippen molar-refractivity contribution < 1.29 is 4.39 Å². The van der Waals surface area contributed by atoms with Crippen molar-refractivity contribution in [3.63, 3.8) is 0 Å². The van der Waals surface area contributed by atoms with Crippen LogP contribution in [-0.2, 0) is 0 Å². The third-order valence-corrected chi connectivity index (χ3v) is 3.27. The minimum atomic E-state index is -1.18. The molecule has 4 nitrogen and oxygen atoms in total. The first-order valence-corrected chi connectivity index (χ1v) is 6.16. The van der Waals surface area contributed by atoms with Crippen LogP contribution in [0.5, 0.6) is 0 Å². The Morgan fingerprint density at radius 2 is 1.75 bits per heavy atom. The summed E-state index contributed by atoms with van der Waals surface area (Å²) < 4.78 is 14.4. The predicted molar refractivity (Wildman–Crippen MR) is 75.1 cm³/mol. The van der Waals surface area contributed by atoms with Crippen LogP contribution in [0, 0.1) is 5.82 Å². The van der Waals surface area contributed by atoms with Gasteiger partial charge >= 0.3 is 5.69 Å². The maximum absolute atomic E-state index is 13.6. The first-order valence-electron chi connectivity index (χ1n) is 5.78. The van der Waals surface area contributed by atoms with Crippen molar-refractivity contribution in [3.05, 3.63) is 74.3 Å². The fourth-order valence-corrected chi connectivity index (χ4v) is 2.27. The Balaban J connectivity index is 2.47. The Labute approximate surface area is 117 Å². The summed E-state index contributed by atoms with van der Waals surface area (Å²) in [6.07, 6.45) is 0. The molecule has 0 saturated carbocycles. The molecule has 100 valence electrons. The lowest BCUT2D eigenvalue weighted by molar-refractivity contribution is 0.585. The first kappa shape index (κ1) is 12.6. The molecule has 20 heavy (non-hydrogen) atoms. The van der Waals surface area contributed by atoms with Crippen molar-refractivity contribution in [1.29, 1.82) is 0 Å². The number of rotatable bonds is 1. The van der Waals surface area contributed by atoms with Gasteiger partial charge in [0.25, 0.3) is 5.56 Å². The van der Waals surface area contributed by atoms with E-state index in [0.29, 0.717) is 11.1 Å². The Bertz CT molecular complexity index is 925. The maximum Gasteiger partial charge on any atom is 0.334 e. The van der Waals surface area contributed by atoms with E-state index in [9.17, 15) is 14.0 Å².